The molecule has 3 heterocycles. The number of pyridine rings is 1. The molecule has 0 radical (unpaired) electrons. The molecule has 2 aromatic heterocycles. The van der Waals surface area contributed by atoms with Crippen LogP contribution in [-0.4, -0.2) is 34.2 Å². The average Bonchev–Trinajstić information content (AvgIpc) is 2.75. The number of nitrogens with zero attached hydrogens (tertiary/aromatic N) is 4. The van der Waals surface area contributed by atoms with E-state index < -0.39 is 0 Å². The first-order chi connectivity index (χ1) is 13.7. The lowest BCUT2D eigenvalue weighted by Crippen LogP contribution is -2.38. The van der Waals surface area contributed by atoms with Gasteiger partial charge in [-0.25, -0.2) is 4.98 Å². The molecule has 142 valence electrons. The van der Waals surface area contributed by atoms with Gasteiger partial charge >= 0.3 is 0 Å². The second-order valence-corrected chi connectivity index (χ2v) is 7.06. The van der Waals surface area contributed by atoms with Gasteiger partial charge < -0.3 is 10.2 Å². The van der Waals surface area contributed by atoms with Crippen molar-refractivity contribution in [2.75, 3.05) is 23.3 Å². The van der Waals surface area contributed by atoms with Crippen LogP contribution in [0.15, 0.2) is 60.8 Å². The van der Waals surface area contributed by atoms with Gasteiger partial charge in [0.1, 0.15) is 5.82 Å². The highest BCUT2D eigenvalue weighted by Gasteiger charge is 2.26. The Morgan fingerprint density at radius 3 is 2.46 bits per heavy atom. The summed E-state index contributed by atoms with van der Waals surface area (Å²) >= 11 is 0. The summed E-state index contributed by atoms with van der Waals surface area (Å²) in [5.41, 5.74) is 3.17. The van der Waals surface area contributed by atoms with Crippen molar-refractivity contribution < 1.29 is 4.79 Å². The largest absolute Gasteiger partial charge is 0.355 e. The molecule has 6 heteroatoms. The first kappa shape index (κ1) is 18.1. The van der Waals surface area contributed by atoms with E-state index in [1.165, 1.54) is 5.56 Å². The van der Waals surface area contributed by atoms with Gasteiger partial charge in [0.15, 0.2) is 5.82 Å². The zero-order valence-corrected chi connectivity index (χ0v) is 15.9. The van der Waals surface area contributed by atoms with E-state index in [0.29, 0.717) is 5.82 Å². The van der Waals surface area contributed by atoms with Crippen molar-refractivity contribution in [3.8, 4) is 11.3 Å². The van der Waals surface area contributed by atoms with E-state index in [4.69, 9.17) is 0 Å². The van der Waals surface area contributed by atoms with Crippen LogP contribution in [0.3, 0.4) is 0 Å². The van der Waals surface area contributed by atoms with Crippen LogP contribution in [0.5, 0.6) is 0 Å². The van der Waals surface area contributed by atoms with Crippen molar-refractivity contribution in [1.82, 2.24) is 15.2 Å². The van der Waals surface area contributed by atoms with Gasteiger partial charge in [-0.15, -0.1) is 10.2 Å². The number of benzene rings is 1. The van der Waals surface area contributed by atoms with Gasteiger partial charge in [-0.05, 0) is 49.6 Å². The van der Waals surface area contributed by atoms with Gasteiger partial charge in [-0.1, -0.05) is 30.3 Å². The Morgan fingerprint density at radius 1 is 1.00 bits per heavy atom. The molecule has 1 aliphatic rings. The van der Waals surface area contributed by atoms with Crippen molar-refractivity contribution in [1.29, 1.82) is 0 Å². The lowest BCUT2D eigenvalue weighted by Gasteiger charge is -2.31. The summed E-state index contributed by atoms with van der Waals surface area (Å²) < 4.78 is 0. The van der Waals surface area contributed by atoms with Crippen LogP contribution in [-0.2, 0) is 4.79 Å². The fraction of sp³-hybridized carbons (Fsp3) is 0.273. The van der Waals surface area contributed by atoms with E-state index in [0.717, 1.165) is 43.0 Å². The maximum Gasteiger partial charge on any atom is 0.228 e. The highest BCUT2D eigenvalue weighted by molar-refractivity contribution is 5.91. The molecular formula is C22H23N5O. The second-order valence-electron chi connectivity index (χ2n) is 7.06. The second kappa shape index (κ2) is 8.17. The Bertz CT molecular complexity index is 935. The van der Waals surface area contributed by atoms with Crippen molar-refractivity contribution >= 4 is 17.5 Å². The third-order valence-electron chi connectivity index (χ3n) is 5.18. The summed E-state index contributed by atoms with van der Waals surface area (Å²) in [6.45, 7) is 3.66. The topological polar surface area (TPSA) is 71.0 Å². The first-order valence-corrected chi connectivity index (χ1v) is 9.57. The number of nitrogens with one attached hydrogen (secondary N) is 1. The maximum absolute atomic E-state index is 12.4. The van der Waals surface area contributed by atoms with Crippen LogP contribution < -0.4 is 10.2 Å². The fourth-order valence-electron chi connectivity index (χ4n) is 3.53. The molecule has 0 spiro atoms. The smallest absolute Gasteiger partial charge is 0.228 e. The van der Waals surface area contributed by atoms with Crippen LogP contribution in [0.1, 0.15) is 18.4 Å². The normalized spacial score (nSPS) is 14.7. The first-order valence-electron chi connectivity index (χ1n) is 9.57. The number of anilines is 2. The van der Waals surface area contributed by atoms with Gasteiger partial charge in [0, 0.05) is 30.8 Å². The summed E-state index contributed by atoms with van der Waals surface area (Å²) in [6, 6.07) is 17.7. The minimum absolute atomic E-state index is 0.00235. The predicted molar refractivity (Wildman–Crippen MR) is 110 cm³/mol. The molecule has 0 aliphatic carbocycles. The Morgan fingerprint density at radius 2 is 1.79 bits per heavy atom. The molecule has 4 rings (SSSR count). The van der Waals surface area contributed by atoms with E-state index in [1.807, 2.05) is 36.4 Å². The molecule has 1 aromatic carbocycles. The van der Waals surface area contributed by atoms with Gasteiger partial charge in [-0.2, -0.15) is 0 Å². The van der Waals surface area contributed by atoms with Crippen molar-refractivity contribution in [3.05, 3.63) is 66.4 Å². The van der Waals surface area contributed by atoms with Crippen LogP contribution in [0, 0.1) is 12.8 Å². The van der Waals surface area contributed by atoms with Gasteiger partial charge in [0.25, 0.3) is 0 Å². The number of hydrogen-bond acceptors (Lipinski definition) is 5. The van der Waals surface area contributed by atoms with E-state index in [1.54, 1.807) is 12.3 Å². The molecule has 1 fully saturated rings. The Balaban J connectivity index is 1.36. The molecule has 0 saturated carbocycles. The van der Waals surface area contributed by atoms with Crippen LogP contribution in [0.2, 0.25) is 0 Å². The molecular weight excluding hydrogens is 350 g/mol. The predicted octanol–water partition coefficient (Wildman–Crippen LogP) is 3.70. The highest BCUT2D eigenvalue weighted by Crippen LogP contribution is 2.25. The highest BCUT2D eigenvalue weighted by atomic mass is 16.1. The van der Waals surface area contributed by atoms with Crippen molar-refractivity contribution in [3.63, 3.8) is 0 Å². The summed E-state index contributed by atoms with van der Waals surface area (Å²) in [4.78, 5) is 18.8. The van der Waals surface area contributed by atoms with Crippen molar-refractivity contribution in [2.45, 2.75) is 19.8 Å². The number of piperidine rings is 1. The van der Waals surface area contributed by atoms with Gasteiger partial charge in [0.2, 0.25) is 5.91 Å². The molecule has 6 nitrogen and oxygen atoms in total. The van der Waals surface area contributed by atoms with E-state index >= 15 is 0 Å². The lowest BCUT2D eigenvalue weighted by molar-refractivity contribution is -0.120. The number of carbonyl (C=O) groups is 1. The zero-order valence-electron chi connectivity index (χ0n) is 15.9. The van der Waals surface area contributed by atoms with E-state index in [-0.39, 0.29) is 11.8 Å². The number of rotatable bonds is 4. The number of hydrogen-bond donors (Lipinski definition) is 1. The number of aryl methyl sites for hydroxylation is 1. The van der Waals surface area contributed by atoms with Gasteiger partial charge in [0.05, 0.1) is 5.69 Å². The molecule has 1 saturated heterocycles. The molecule has 3 aromatic rings. The van der Waals surface area contributed by atoms with Crippen LogP contribution >= 0.6 is 0 Å². The molecule has 1 amide bonds. The fourth-order valence-corrected chi connectivity index (χ4v) is 3.53. The summed E-state index contributed by atoms with van der Waals surface area (Å²) in [6.07, 6.45) is 3.26. The van der Waals surface area contributed by atoms with E-state index in [9.17, 15) is 4.79 Å². The summed E-state index contributed by atoms with van der Waals surface area (Å²) in [7, 11) is 0. The quantitative estimate of drug-likeness (QED) is 0.755. The van der Waals surface area contributed by atoms with Crippen molar-refractivity contribution in [2.24, 2.45) is 5.92 Å². The molecule has 28 heavy (non-hydrogen) atoms. The molecule has 0 atom stereocenters. The van der Waals surface area contributed by atoms with Crippen LogP contribution in [0.4, 0.5) is 11.6 Å². The third-order valence-corrected chi connectivity index (χ3v) is 5.18. The number of carbonyl (C=O) groups excluding carboxylic acids is 1. The van der Waals surface area contributed by atoms with Crippen LogP contribution in [0.25, 0.3) is 11.3 Å². The molecule has 1 N–H and O–H groups in total. The van der Waals surface area contributed by atoms with E-state index in [2.05, 4.69) is 44.5 Å². The lowest BCUT2D eigenvalue weighted by atomic mass is 9.96. The standard InChI is InChI=1S/C22H23N5O/c1-16-6-2-3-7-18(16)19-9-10-21(26-25-19)27-14-11-17(12-15-27)22(28)24-20-8-4-5-13-23-20/h2-10,13,17H,11-12,14-15H2,1H3,(H,23,24,28). The SMILES string of the molecule is Cc1ccccc1-c1ccc(N2CCC(C(=O)Nc3ccccn3)CC2)nn1. The summed E-state index contributed by atoms with van der Waals surface area (Å²) in [5, 5.41) is 11.7. The summed E-state index contributed by atoms with van der Waals surface area (Å²) in [5.74, 6) is 1.50. The number of aromatic nitrogens is 3. The monoisotopic (exact) mass is 373 g/mol. The Labute approximate surface area is 164 Å². The minimum atomic E-state index is -0.00235. The zero-order chi connectivity index (χ0) is 19.3. The Hall–Kier alpha value is -3.28. The maximum atomic E-state index is 12.4. The minimum Gasteiger partial charge on any atom is -0.355 e. The Kier molecular flexibility index (Phi) is 5.28. The van der Waals surface area contributed by atoms with Gasteiger partial charge in [-0.3, -0.25) is 4.79 Å². The molecule has 0 unspecified atom stereocenters. The average molecular weight is 373 g/mol. The molecule has 1 aliphatic heterocycles. The molecule has 0 bridgehead atoms. The third kappa shape index (κ3) is 4.01. The number of amides is 1.